The third kappa shape index (κ3) is 3.58. The molecule has 112 valence electrons. The lowest BCUT2D eigenvalue weighted by molar-refractivity contribution is 0.113. The normalized spacial score (nSPS) is 24.1. The zero-order valence-corrected chi connectivity index (χ0v) is 12.4. The molecule has 6 heteroatoms. The molecule has 2 rings (SSSR count). The molecule has 0 saturated carbocycles. The number of hydrogen-bond acceptors (Lipinski definition) is 4. The number of nitrogens with zero attached hydrogens (tertiary/aromatic N) is 1. The standard InChI is InChI=1S/C14H21NO4S/c1-19-14-9-13(11-16)15(10-14)20(17,18)8-7-12-5-3-2-4-6-12/h2-6,13-14,16H,7-11H2,1H3/t13-,14+/m0/s1. The van der Waals surface area contributed by atoms with Crippen molar-refractivity contribution in [3.05, 3.63) is 35.9 Å². The molecule has 1 heterocycles. The lowest BCUT2D eigenvalue weighted by atomic mass is 10.2. The van der Waals surface area contributed by atoms with E-state index in [0.717, 1.165) is 5.56 Å². The first-order valence-electron chi connectivity index (χ1n) is 6.74. The van der Waals surface area contributed by atoms with Crippen LogP contribution < -0.4 is 0 Å². The number of ether oxygens (including phenoxy) is 1. The van der Waals surface area contributed by atoms with Gasteiger partial charge < -0.3 is 9.84 Å². The molecule has 20 heavy (non-hydrogen) atoms. The van der Waals surface area contributed by atoms with Gasteiger partial charge in [0.25, 0.3) is 0 Å². The number of sulfonamides is 1. The summed E-state index contributed by atoms with van der Waals surface area (Å²) in [6, 6.07) is 9.18. The van der Waals surface area contributed by atoms with Crippen LogP contribution in [0, 0.1) is 0 Å². The fraction of sp³-hybridized carbons (Fsp3) is 0.571. The summed E-state index contributed by atoms with van der Waals surface area (Å²) in [6.45, 7) is 0.170. The molecule has 1 aromatic rings. The van der Waals surface area contributed by atoms with Gasteiger partial charge in [0.1, 0.15) is 0 Å². The second-order valence-corrected chi connectivity index (χ2v) is 7.09. The molecule has 1 aliphatic rings. The Kier molecular flexibility index (Phi) is 5.15. The van der Waals surface area contributed by atoms with Crippen molar-refractivity contribution in [1.82, 2.24) is 4.31 Å². The largest absolute Gasteiger partial charge is 0.395 e. The van der Waals surface area contributed by atoms with Gasteiger partial charge in [-0.05, 0) is 18.4 Å². The zero-order valence-electron chi connectivity index (χ0n) is 11.6. The van der Waals surface area contributed by atoms with Gasteiger partial charge in [-0.3, -0.25) is 0 Å². The highest BCUT2D eigenvalue weighted by Gasteiger charge is 2.38. The molecule has 1 fully saturated rings. The molecule has 0 spiro atoms. The van der Waals surface area contributed by atoms with Gasteiger partial charge in [-0.2, -0.15) is 4.31 Å². The summed E-state index contributed by atoms with van der Waals surface area (Å²) in [6.07, 6.45) is 0.909. The molecule has 0 bridgehead atoms. The minimum absolute atomic E-state index is 0.0595. The number of methoxy groups -OCH3 is 1. The monoisotopic (exact) mass is 299 g/mol. The van der Waals surface area contributed by atoms with Crippen molar-refractivity contribution in [2.45, 2.75) is 25.0 Å². The Balaban J connectivity index is 2.02. The van der Waals surface area contributed by atoms with Gasteiger partial charge in [-0.25, -0.2) is 8.42 Å². The molecule has 0 aromatic heterocycles. The van der Waals surface area contributed by atoms with E-state index in [1.807, 2.05) is 30.3 Å². The highest BCUT2D eigenvalue weighted by Crippen LogP contribution is 2.23. The minimum Gasteiger partial charge on any atom is -0.395 e. The van der Waals surface area contributed by atoms with E-state index in [9.17, 15) is 13.5 Å². The van der Waals surface area contributed by atoms with Crippen LogP contribution in [-0.2, 0) is 21.2 Å². The average molecular weight is 299 g/mol. The fourth-order valence-electron chi connectivity index (χ4n) is 2.53. The number of benzene rings is 1. The van der Waals surface area contributed by atoms with Crippen LogP contribution in [0.1, 0.15) is 12.0 Å². The smallest absolute Gasteiger partial charge is 0.214 e. The van der Waals surface area contributed by atoms with Crippen molar-refractivity contribution in [1.29, 1.82) is 0 Å². The van der Waals surface area contributed by atoms with Gasteiger partial charge in [0, 0.05) is 13.7 Å². The van der Waals surface area contributed by atoms with Crippen molar-refractivity contribution >= 4 is 10.0 Å². The summed E-state index contributed by atoms with van der Waals surface area (Å²) in [5, 5.41) is 9.34. The van der Waals surface area contributed by atoms with Gasteiger partial charge in [-0.15, -0.1) is 0 Å². The van der Waals surface area contributed by atoms with Crippen molar-refractivity contribution < 1.29 is 18.3 Å². The summed E-state index contributed by atoms with van der Waals surface area (Å²) in [5.74, 6) is 0.0595. The summed E-state index contributed by atoms with van der Waals surface area (Å²) >= 11 is 0. The Labute approximate surface area is 120 Å². The third-order valence-corrected chi connectivity index (χ3v) is 5.60. The molecule has 1 aliphatic heterocycles. The molecule has 1 aromatic carbocycles. The molecule has 5 nitrogen and oxygen atoms in total. The van der Waals surface area contributed by atoms with Crippen molar-refractivity contribution in [3.63, 3.8) is 0 Å². The Bertz CT molecular complexity index is 517. The number of rotatable bonds is 6. The predicted molar refractivity (Wildman–Crippen MR) is 76.9 cm³/mol. The fourth-order valence-corrected chi connectivity index (χ4v) is 4.26. The number of aliphatic hydroxyl groups excluding tert-OH is 1. The Morgan fingerprint density at radius 3 is 2.65 bits per heavy atom. The quantitative estimate of drug-likeness (QED) is 0.837. The van der Waals surface area contributed by atoms with E-state index >= 15 is 0 Å². The maximum Gasteiger partial charge on any atom is 0.214 e. The van der Waals surface area contributed by atoms with E-state index in [4.69, 9.17) is 4.74 Å². The van der Waals surface area contributed by atoms with Crippen LogP contribution in [0.15, 0.2) is 30.3 Å². The second kappa shape index (κ2) is 6.67. The molecule has 0 amide bonds. The SMILES string of the molecule is CO[C@@H]1C[C@@H](CO)N(S(=O)(=O)CCc2ccccc2)C1. The first kappa shape index (κ1) is 15.4. The molecule has 2 atom stereocenters. The van der Waals surface area contributed by atoms with Gasteiger partial charge in [0.15, 0.2) is 0 Å². The van der Waals surface area contributed by atoms with E-state index in [0.29, 0.717) is 19.4 Å². The maximum atomic E-state index is 12.4. The summed E-state index contributed by atoms with van der Waals surface area (Å²) in [4.78, 5) is 0. The van der Waals surface area contributed by atoms with Crippen LogP contribution in [0.3, 0.4) is 0 Å². The van der Waals surface area contributed by atoms with Crippen LogP contribution >= 0.6 is 0 Å². The highest BCUT2D eigenvalue weighted by atomic mass is 32.2. The summed E-state index contributed by atoms with van der Waals surface area (Å²) < 4.78 is 31.4. The van der Waals surface area contributed by atoms with Crippen molar-refractivity contribution in [2.75, 3.05) is 26.0 Å². The minimum atomic E-state index is -3.37. The molecular weight excluding hydrogens is 278 g/mol. The average Bonchev–Trinajstić information content (AvgIpc) is 2.91. The van der Waals surface area contributed by atoms with Crippen molar-refractivity contribution in [3.8, 4) is 0 Å². The molecular formula is C14H21NO4S. The topological polar surface area (TPSA) is 66.8 Å². The van der Waals surface area contributed by atoms with Crippen LogP contribution in [0.25, 0.3) is 0 Å². The Morgan fingerprint density at radius 1 is 1.35 bits per heavy atom. The predicted octanol–water partition coefficient (Wildman–Crippen LogP) is 0.640. The van der Waals surface area contributed by atoms with E-state index in [2.05, 4.69) is 0 Å². The van der Waals surface area contributed by atoms with Crippen LogP contribution in [-0.4, -0.2) is 56.0 Å². The van der Waals surface area contributed by atoms with Gasteiger partial charge in [-0.1, -0.05) is 30.3 Å². The molecule has 0 radical (unpaired) electrons. The lowest BCUT2D eigenvalue weighted by Crippen LogP contribution is -2.39. The highest BCUT2D eigenvalue weighted by molar-refractivity contribution is 7.89. The Hall–Kier alpha value is -0.950. The van der Waals surface area contributed by atoms with E-state index in [-0.39, 0.29) is 24.5 Å². The zero-order chi connectivity index (χ0) is 14.6. The molecule has 0 unspecified atom stereocenters. The van der Waals surface area contributed by atoms with Crippen LogP contribution in [0.4, 0.5) is 0 Å². The molecule has 1 N–H and O–H groups in total. The number of hydrogen-bond donors (Lipinski definition) is 1. The van der Waals surface area contributed by atoms with Crippen LogP contribution in [0.2, 0.25) is 0 Å². The second-order valence-electron chi connectivity index (χ2n) is 5.05. The summed E-state index contributed by atoms with van der Waals surface area (Å²) in [5.41, 5.74) is 0.999. The summed E-state index contributed by atoms with van der Waals surface area (Å²) in [7, 11) is -1.80. The van der Waals surface area contributed by atoms with Crippen LogP contribution in [0.5, 0.6) is 0 Å². The number of aryl methyl sites for hydroxylation is 1. The Morgan fingerprint density at radius 2 is 2.05 bits per heavy atom. The first-order valence-corrected chi connectivity index (χ1v) is 8.35. The van der Waals surface area contributed by atoms with Gasteiger partial charge in [0.05, 0.1) is 24.5 Å². The van der Waals surface area contributed by atoms with E-state index < -0.39 is 10.0 Å². The van der Waals surface area contributed by atoms with E-state index in [1.165, 1.54) is 4.31 Å². The van der Waals surface area contributed by atoms with Gasteiger partial charge in [0.2, 0.25) is 10.0 Å². The first-order chi connectivity index (χ1) is 9.56. The third-order valence-electron chi connectivity index (χ3n) is 3.72. The van der Waals surface area contributed by atoms with Crippen molar-refractivity contribution in [2.24, 2.45) is 0 Å². The van der Waals surface area contributed by atoms with Gasteiger partial charge >= 0.3 is 0 Å². The maximum absolute atomic E-state index is 12.4. The molecule has 1 saturated heterocycles. The van der Waals surface area contributed by atoms with E-state index in [1.54, 1.807) is 7.11 Å². The lowest BCUT2D eigenvalue weighted by Gasteiger charge is -2.22. The number of aliphatic hydroxyl groups is 1. The molecule has 0 aliphatic carbocycles.